The van der Waals surface area contributed by atoms with Crippen molar-refractivity contribution in [2.45, 2.75) is 19.8 Å². The van der Waals surface area contributed by atoms with Crippen molar-refractivity contribution in [1.29, 1.82) is 0 Å². The van der Waals surface area contributed by atoms with Crippen LogP contribution in [0.1, 0.15) is 18.1 Å². The van der Waals surface area contributed by atoms with E-state index in [2.05, 4.69) is 37.4 Å². The third-order valence-electron chi connectivity index (χ3n) is 3.66. The first kappa shape index (κ1) is 20.0. The minimum atomic E-state index is 0. The van der Waals surface area contributed by atoms with Crippen LogP contribution in [0.5, 0.6) is 11.5 Å². The van der Waals surface area contributed by atoms with E-state index in [9.17, 15) is 0 Å². The molecule has 2 rings (SSSR count). The third-order valence-corrected chi connectivity index (χ3v) is 3.66. The highest BCUT2D eigenvalue weighted by atomic mass is 79.9. The van der Waals surface area contributed by atoms with Gasteiger partial charge in [-0.1, -0.05) is 24.3 Å². The molecule has 0 unspecified atom stereocenters. The fourth-order valence-electron chi connectivity index (χ4n) is 2.62. The van der Waals surface area contributed by atoms with Crippen LogP contribution in [0, 0.1) is 0 Å². The molecule has 0 spiro atoms. The highest BCUT2D eigenvalue weighted by molar-refractivity contribution is 5.77. The normalized spacial score (nSPS) is 9.75. The van der Waals surface area contributed by atoms with E-state index in [-0.39, 0.29) is 17.0 Å². The predicted octanol–water partition coefficient (Wildman–Crippen LogP) is 2.22. The van der Waals surface area contributed by atoms with Gasteiger partial charge in [-0.3, -0.25) is 0 Å². The quantitative estimate of drug-likeness (QED) is 0.646. The number of ether oxygens (including phenoxy) is 2. The summed E-state index contributed by atoms with van der Waals surface area (Å²) in [6.07, 6.45) is 5.47. The highest BCUT2D eigenvalue weighted by Crippen LogP contribution is 2.38. The molecule has 0 bridgehead atoms. The minimum absolute atomic E-state index is 0. The summed E-state index contributed by atoms with van der Waals surface area (Å²) in [5.74, 6) is 1.71. The van der Waals surface area contributed by atoms with Crippen LogP contribution < -0.4 is 26.5 Å². The second-order valence-corrected chi connectivity index (χ2v) is 5.28. The van der Waals surface area contributed by atoms with E-state index in [1.807, 2.05) is 31.2 Å². The van der Waals surface area contributed by atoms with E-state index >= 15 is 0 Å². The van der Waals surface area contributed by atoms with Crippen molar-refractivity contribution in [1.82, 2.24) is 0 Å². The molecule has 2 aromatic rings. The molecule has 0 saturated carbocycles. The van der Waals surface area contributed by atoms with Gasteiger partial charge in [0, 0.05) is 11.1 Å². The van der Waals surface area contributed by atoms with Gasteiger partial charge in [0.05, 0.1) is 13.7 Å². The van der Waals surface area contributed by atoms with E-state index in [4.69, 9.17) is 9.47 Å². The van der Waals surface area contributed by atoms with Gasteiger partial charge in [0.25, 0.3) is 0 Å². The van der Waals surface area contributed by atoms with E-state index < -0.39 is 0 Å². The maximum atomic E-state index is 5.82. The van der Waals surface area contributed by atoms with E-state index in [0.29, 0.717) is 6.61 Å². The van der Waals surface area contributed by atoms with Crippen molar-refractivity contribution in [2.75, 3.05) is 13.7 Å². The Bertz CT molecular complexity index is 692. The number of halogens is 1. The average molecular weight is 388 g/mol. The molecule has 2 nitrogen and oxygen atoms in total. The molecule has 128 valence electrons. The van der Waals surface area contributed by atoms with Crippen LogP contribution >= 0.6 is 0 Å². The molecule has 0 fully saturated rings. The van der Waals surface area contributed by atoms with Crippen molar-refractivity contribution in [3.05, 3.63) is 72.8 Å². The molecule has 0 radical (unpaired) electrons. The lowest BCUT2D eigenvalue weighted by molar-refractivity contribution is -0.00000549. The van der Waals surface area contributed by atoms with Crippen LogP contribution in [0.2, 0.25) is 0 Å². The van der Waals surface area contributed by atoms with Gasteiger partial charge in [0.2, 0.25) is 0 Å². The highest BCUT2D eigenvalue weighted by Gasteiger charge is 2.13. The van der Waals surface area contributed by atoms with Crippen molar-refractivity contribution in [3.63, 3.8) is 0 Å². The number of benzene rings is 2. The average Bonchev–Trinajstić information content (AvgIpc) is 2.57. The molecular formula is C21H24BrO2-. The Morgan fingerprint density at radius 3 is 1.83 bits per heavy atom. The Morgan fingerprint density at radius 2 is 1.38 bits per heavy atom. The van der Waals surface area contributed by atoms with Gasteiger partial charge in [-0.25, -0.2) is 0 Å². The van der Waals surface area contributed by atoms with Crippen molar-refractivity contribution >= 4 is 0 Å². The van der Waals surface area contributed by atoms with Gasteiger partial charge in [-0.05, 0) is 55.2 Å². The topological polar surface area (TPSA) is 18.5 Å². The van der Waals surface area contributed by atoms with Gasteiger partial charge in [-0.15, -0.1) is 13.2 Å². The molecule has 0 N–H and O–H groups in total. The second kappa shape index (κ2) is 9.99. The summed E-state index contributed by atoms with van der Waals surface area (Å²) in [5.41, 5.74) is 4.50. The standard InChI is InChI=1S/C21H24O2.BrH/c1-5-8-16-10-12-20(22-4)18(14-16)19-15-17(9-6-2)11-13-21(19)23-7-3;/h5-6,10-15H,1-2,7-9H2,3-4H3;1H/p-1. The van der Waals surface area contributed by atoms with Crippen LogP contribution in [0.25, 0.3) is 11.1 Å². The van der Waals surface area contributed by atoms with Crippen LogP contribution in [0.3, 0.4) is 0 Å². The Labute approximate surface area is 155 Å². The molecule has 0 saturated heterocycles. The lowest BCUT2D eigenvalue weighted by Crippen LogP contribution is -3.00. The lowest BCUT2D eigenvalue weighted by Gasteiger charge is -2.16. The summed E-state index contributed by atoms with van der Waals surface area (Å²) < 4.78 is 11.4. The van der Waals surface area contributed by atoms with Gasteiger partial charge >= 0.3 is 0 Å². The number of methoxy groups -OCH3 is 1. The second-order valence-electron chi connectivity index (χ2n) is 5.28. The molecule has 0 aliphatic carbocycles. The molecule has 3 heteroatoms. The molecule has 0 aromatic heterocycles. The van der Waals surface area contributed by atoms with E-state index in [1.165, 1.54) is 11.1 Å². The largest absolute Gasteiger partial charge is 1.00 e. The van der Waals surface area contributed by atoms with Crippen LogP contribution in [0.15, 0.2) is 61.7 Å². The fourth-order valence-corrected chi connectivity index (χ4v) is 2.62. The van der Waals surface area contributed by atoms with Gasteiger partial charge in [0.15, 0.2) is 0 Å². The van der Waals surface area contributed by atoms with Crippen LogP contribution in [-0.2, 0) is 12.8 Å². The Hall–Kier alpha value is -2.00. The van der Waals surface area contributed by atoms with E-state index in [0.717, 1.165) is 35.5 Å². The third kappa shape index (κ3) is 4.75. The Kier molecular flexibility index (Phi) is 8.34. The monoisotopic (exact) mass is 387 g/mol. The molecular weight excluding hydrogens is 364 g/mol. The first-order chi connectivity index (χ1) is 11.2. The lowest BCUT2D eigenvalue weighted by atomic mass is 9.97. The minimum Gasteiger partial charge on any atom is -1.00 e. The Balaban J connectivity index is 0.00000288. The molecule has 2 aromatic carbocycles. The van der Waals surface area contributed by atoms with Gasteiger partial charge in [-0.2, -0.15) is 0 Å². The predicted molar refractivity (Wildman–Crippen MR) is 97.4 cm³/mol. The van der Waals surface area contributed by atoms with Crippen molar-refractivity contribution in [2.24, 2.45) is 0 Å². The SMILES string of the molecule is C=CCc1ccc(OC)c(-c2cc(CC=C)ccc2OCC)c1.[Br-]. The summed E-state index contributed by atoms with van der Waals surface area (Å²) in [6.45, 7) is 10.3. The first-order valence-corrected chi connectivity index (χ1v) is 7.88. The number of allylic oxidation sites excluding steroid dienone is 2. The summed E-state index contributed by atoms with van der Waals surface area (Å²) >= 11 is 0. The number of hydrogen-bond acceptors (Lipinski definition) is 2. The molecule has 0 heterocycles. The number of hydrogen-bond donors (Lipinski definition) is 0. The summed E-state index contributed by atoms with van der Waals surface area (Å²) in [6, 6.07) is 12.5. The van der Waals surface area contributed by atoms with Crippen molar-refractivity contribution < 1.29 is 26.5 Å². The zero-order chi connectivity index (χ0) is 16.7. The maximum Gasteiger partial charge on any atom is 0.127 e. The van der Waals surface area contributed by atoms with E-state index in [1.54, 1.807) is 7.11 Å². The Morgan fingerprint density at radius 1 is 0.875 bits per heavy atom. The first-order valence-electron chi connectivity index (χ1n) is 7.88. The summed E-state index contributed by atoms with van der Waals surface area (Å²) in [4.78, 5) is 0. The van der Waals surface area contributed by atoms with Crippen molar-refractivity contribution in [3.8, 4) is 22.6 Å². The van der Waals surface area contributed by atoms with Gasteiger partial charge < -0.3 is 26.5 Å². The zero-order valence-electron chi connectivity index (χ0n) is 14.3. The van der Waals surface area contributed by atoms with Gasteiger partial charge in [0.1, 0.15) is 11.5 Å². The number of rotatable bonds is 8. The molecule has 0 aliphatic rings. The maximum absolute atomic E-state index is 5.82. The fraction of sp³-hybridized carbons (Fsp3) is 0.238. The van der Waals surface area contributed by atoms with Crippen LogP contribution in [0.4, 0.5) is 0 Å². The molecule has 0 atom stereocenters. The van der Waals surface area contributed by atoms with Crippen LogP contribution in [-0.4, -0.2) is 13.7 Å². The summed E-state index contributed by atoms with van der Waals surface area (Å²) in [7, 11) is 1.69. The smallest absolute Gasteiger partial charge is 0.127 e. The summed E-state index contributed by atoms with van der Waals surface area (Å²) in [5, 5.41) is 0. The molecule has 0 amide bonds. The molecule has 24 heavy (non-hydrogen) atoms. The zero-order valence-corrected chi connectivity index (χ0v) is 15.9. The molecule has 0 aliphatic heterocycles.